The molecule has 1 saturated heterocycles. The fourth-order valence-corrected chi connectivity index (χ4v) is 4.44. The lowest BCUT2D eigenvalue weighted by Crippen LogP contribution is -2.49. The van der Waals surface area contributed by atoms with Crippen molar-refractivity contribution in [2.45, 2.75) is 24.5 Å². The van der Waals surface area contributed by atoms with Gasteiger partial charge in [0.25, 0.3) is 0 Å². The van der Waals surface area contributed by atoms with E-state index in [1.807, 2.05) is 36.4 Å². The second-order valence-electron chi connectivity index (χ2n) is 8.13. The van der Waals surface area contributed by atoms with Crippen LogP contribution < -0.4 is 10.6 Å². The third kappa shape index (κ3) is 4.84. The lowest BCUT2D eigenvalue weighted by molar-refractivity contribution is -0.145. The van der Waals surface area contributed by atoms with E-state index < -0.39 is 36.7 Å². The van der Waals surface area contributed by atoms with E-state index in [0.29, 0.717) is 13.0 Å². The number of alkyl carbamates (subject to hydrolysis) is 1. The van der Waals surface area contributed by atoms with Gasteiger partial charge in [-0.2, -0.15) is 0 Å². The van der Waals surface area contributed by atoms with Gasteiger partial charge in [-0.1, -0.05) is 48.5 Å². The molecule has 3 atom stereocenters. The predicted molar refractivity (Wildman–Crippen MR) is 118 cm³/mol. The first-order chi connectivity index (χ1) is 16.0. The summed E-state index contributed by atoms with van der Waals surface area (Å²) in [5, 5.41) is 23.0. The van der Waals surface area contributed by atoms with Crippen LogP contribution in [0, 0.1) is 5.92 Å². The number of hydrogen-bond acceptors (Lipinski definition) is 6. The molecular formula is C24H26N2O7. The van der Waals surface area contributed by atoms with Gasteiger partial charge in [0.1, 0.15) is 18.8 Å². The number of nitrogens with one attached hydrogen (secondary N) is 2. The van der Waals surface area contributed by atoms with Gasteiger partial charge in [0.15, 0.2) is 0 Å². The normalized spacial score (nSPS) is 19.9. The average Bonchev–Trinajstić information content (AvgIpc) is 3.42. The Labute approximate surface area is 190 Å². The number of benzene rings is 2. The summed E-state index contributed by atoms with van der Waals surface area (Å²) in [6, 6.07) is 14.7. The third-order valence-corrected chi connectivity index (χ3v) is 6.12. The molecule has 0 spiro atoms. The van der Waals surface area contributed by atoms with E-state index in [2.05, 4.69) is 22.8 Å². The van der Waals surface area contributed by atoms with Crippen LogP contribution in [0.25, 0.3) is 11.1 Å². The van der Waals surface area contributed by atoms with Crippen molar-refractivity contribution in [3.8, 4) is 11.1 Å². The predicted octanol–water partition coefficient (Wildman–Crippen LogP) is 1.49. The lowest BCUT2D eigenvalue weighted by Gasteiger charge is -2.21. The number of carboxylic acids is 1. The average molecular weight is 454 g/mol. The van der Waals surface area contributed by atoms with E-state index in [-0.39, 0.29) is 25.0 Å². The molecule has 4 N–H and O–H groups in total. The minimum absolute atomic E-state index is 0.0528. The number of hydrogen-bond donors (Lipinski definition) is 4. The Balaban J connectivity index is 1.31. The molecule has 1 heterocycles. The maximum Gasteiger partial charge on any atom is 0.407 e. The summed E-state index contributed by atoms with van der Waals surface area (Å²) in [7, 11) is 0. The Kier molecular flexibility index (Phi) is 6.90. The van der Waals surface area contributed by atoms with Gasteiger partial charge < -0.3 is 30.3 Å². The summed E-state index contributed by atoms with van der Waals surface area (Å²) in [5.41, 5.74) is 4.51. The molecule has 2 aliphatic rings. The number of fused-ring (bicyclic) bond motifs is 3. The van der Waals surface area contributed by atoms with Crippen molar-refractivity contribution >= 4 is 18.0 Å². The van der Waals surface area contributed by atoms with Crippen LogP contribution in [-0.2, 0) is 19.1 Å². The number of ether oxygens (including phenoxy) is 2. The Hall–Kier alpha value is -3.43. The van der Waals surface area contributed by atoms with Gasteiger partial charge in [-0.3, -0.25) is 4.79 Å². The largest absolute Gasteiger partial charge is 0.480 e. The molecule has 9 nitrogen and oxygen atoms in total. The van der Waals surface area contributed by atoms with Crippen LogP contribution in [0.5, 0.6) is 0 Å². The topological polar surface area (TPSA) is 134 Å². The first-order valence-corrected chi connectivity index (χ1v) is 10.8. The van der Waals surface area contributed by atoms with Crippen LogP contribution in [0.4, 0.5) is 4.79 Å². The van der Waals surface area contributed by atoms with Crippen molar-refractivity contribution in [2.75, 3.05) is 26.4 Å². The smallest absolute Gasteiger partial charge is 0.407 e. The van der Waals surface area contributed by atoms with Crippen LogP contribution in [-0.4, -0.2) is 66.7 Å². The van der Waals surface area contributed by atoms with Crippen LogP contribution in [0.15, 0.2) is 48.5 Å². The molecule has 1 aliphatic heterocycles. The summed E-state index contributed by atoms with van der Waals surface area (Å²) in [4.78, 5) is 35.8. The molecule has 0 saturated carbocycles. The molecule has 4 rings (SSSR count). The standard InChI is InChI=1S/C24H26N2O7/c27-12-20(23(29)30)26-22(28)21-14(9-10-32-21)11-25-24(31)33-13-19-17-7-3-1-5-15(17)16-6-2-4-8-18(16)19/h1-8,14,19-21,27H,9-13H2,(H,25,31)(H,26,28)(H,29,30)/t14-,20-,21-/m1/s1. The van der Waals surface area contributed by atoms with E-state index in [0.717, 1.165) is 22.3 Å². The minimum Gasteiger partial charge on any atom is -0.480 e. The van der Waals surface area contributed by atoms with Gasteiger partial charge in [0.05, 0.1) is 6.61 Å². The molecular weight excluding hydrogens is 428 g/mol. The Morgan fingerprint density at radius 2 is 1.70 bits per heavy atom. The highest BCUT2D eigenvalue weighted by molar-refractivity contribution is 5.87. The van der Waals surface area contributed by atoms with Crippen molar-refractivity contribution in [1.29, 1.82) is 0 Å². The first kappa shape index (κ1) is 22.8. The molecule has 174 valence electrons. The highest BCUT2D eigenvalue weighted by Gasteiger charge is 2.36. The third-order valence-electron chi connectivity index (χ3n) is 6.12. The highest BCUT2D eigenvalue weighted by Crippen LogP contribution is 2.44. The maximum atomic E-state index is 12.4. The number of aliphatic carboxylic acids is 1. The summed E-state index contributed by atoms with van der Waals surface area (Å²) in [6.45, 7) is -0.0875. The number of rotatable bonds is 8. The fraction of sp³-hybridized carbons (Fsp3) is 0.375. The summed E-state index contributed by atoms with van der Waals surface area (Å²) >= 11 is 0. The SMILES string of the molecule is O=C(NC[C@H]1CCO[C@H]1C(=O)N[C@H](CO)C(=O)O)OCC1c2ccccc2-c2ccccc21. The van der Waals surface area contributed by atoms with Crippen molar-refractivity contribution in [2.24, 2.45) is 5.92 Å². The number of aliphatic hydroxyl groups is 1. The Morgan fingerprint density at radius 1 is 1.06 bits per heavy atom. The number of amides is 2. The monoisotopic (exact) mass is 454 g/mol. The zero-order valence-electron chi connectivity index (χ0n) is 17.9. The summed E-state index contributed by atoms with van der Waals surface area (Å²) in [6.07, 6.45) is -0.979. The van der Waals surface area contributed by atoms with E-state index in [1.54, 1.807) is 0 Å². The molecule has 33 heavy (non-hydrogen) atoms. The minimum atomic E-state index is -1.41. The number of carboxylic acid groups (broad SMARTS) is 1. The molecule has 9 heteroatoms. The van der Waals surface area contributed by atoms with E-state index in [9.17, 15) is 14.4 Å². The van der Waals surface area contributed by atoms with Crippen LogP contribution in [0.2, 0.25) is 0 Å². The summed E-state index contributed by atoms with van der Waals surface area (Å²) in [5.74, 6) is -2.35. The van der Waals surface area contributed by atoms with E-state index in [4.69, 9.17) is 19.7 Å². The zero-order chi connectivity index (χ0) is 23.4. The Morgan fingerprint density at radius 3 is 2.30 bits per heavy atom. The first-order valence-electron chi connectivity index (χ1n) is 10.8. The van der Waals surface area contributed by atoms with Crippen LogP contribution in [0.3, 0.4) is 0 Å². The van der Waals surface area contributed by atoms with Gasteiger partial charge in [0, 0.05) is 25.0 Å². The molecule has 2 aromatic carbocycles. The van der Waals surface area contributed by atoms with Gasteiger partial charge in [-0.25, -0.2) is 9.59 Å². The number of carbonyl (C=O) groups excluding carboxylic acids is 2. The number of aliphatic hydroxyl groups excluding tert-OH is 1. The molecule has 0 unspecified atom stereocenters. The van der Waals surface area contributed by atoms with Crippen LogP contribution in [0.1, 0.15) is 23.5 Å². The van der Waals surface area contributed by atoms with Gasteiger partial charge in [0.2, 0.25) is 5.91 Å². The van der Waals surface area contributed by atoms with Crippen molar-refractivity contribution in [1.82, 2.24) is 10.6 Å². The van der Waals surface area contributed by atoms with Gasteiger partial charge in [-0.05, 0) is 28.7 Å². The molecule has 1 aliphatic carbocycles. The molecule has 2 aromatic rings. The van der Waals surface area contributed by atoms with Crippen molar-refractivity contribution in [3.63, 3.8) is 0 Å². The maximum absolute atomic E-state index is 12.4. The molecule has 0 radical (unpaired) electrons. The highest BCUT2D eigenvalue weighted by atomic mass is 16.5. The van der Waals surface area contributed by atoms with E-state index >= 15 is 0 Å². The molecule has 1 fully saturated rings. The fourth-order valence-electron chi connectivity index (χ4n) is 4.44. The number of carbonyl (C=O) groups is 3. The molecule has 0 aromatic heterocycles. The lowest BCUT2D eigenvalue weighted by atomic mass is 9.98. The molecule has 2 amide bonds. The Bertz CT molecular complexity index is 995. The van der Waals surface area contributed by atoms with Crippen LogP contribution >= 0.6 is 0 Å². The quantitative estimate of drug-likeness (QED) is 0.475. The van der Waals surface area contributed by atoms with Gasteiger partial charge in [-0.15, -0.1) is 0 Å². The summed E-state index contributed by atoms with van der Waals surface area (Å²) < 4.78 is 10.9. The second-order valence-corrected chi connectivity index (χ2v) is 8.13. The van der Waals surface area contributed by atoms with Crippen molar-refractivity contribution in [3.05, 3.63) is 59.7 Å². The van der Waals surface area contributed by atoms with Gasteiger partial charge >= 0.3 is 12.1 Å². The molecule has 0 bridgehead atoms. The van der Waals surface area contributed by atoms with Crippen molar-refractivity contribution < 1.29 is 34.1 Å². The van der Waals surface area contributed by atoms with E-state index in [1.165, 1.54) is 0 Å². The second kappa shape index (κ2) is 10.0. The zero-order valence-corrected chi connectivity index (χ0v) is 17.9.